The highest BCUT2D eigenvalue weighted by Crippen LogP contribution is 2.10. The van der Waals surface area contributed by atoms with Gasteiger partial charge in [-0.2, -0.15) is 4.98 Å². The SMILES string of the molecule is Cc1ccc(S(=O)n2cc(F)c(N)nc2=O)cc1. The molecule has 0 amide bonds. The van der Waals surface area contributed by atoms with E-state index in [0.29, 0.717) is 8.87 Å². The molecular formula is C11H10FN3O2S. The minimum Gasteiger partial charge on any atom is -0.381 e. The first-order valence-corrected chi connectivity index (χ1v) is 6.13. The van der Waals surface area contributed by atoms with E-state index in [1.807, 2.05) is 6.92 Å². The summed E-state index contributed by atoms with van der Waals surface area (Å²) in [4.78, 5) is 15.1. The smallest absolute Gasteiger partial charge is 0.361 e. The number of aromatic nitrogens is 2. The van der Waals surface area contributed by atoms with Crippen LogP contribution in [0.2, 0.25) is 0 Å². The van der Waals surface area contributed by atoms with Gasteiger partial charge in [-0.15, -0.1) is 0 Å². The standard InChI is InChI=1S/C11H10FN3O2S/c1-7-2-4-8(5-3-7)18(17)15-6-9(12)10(13)14-11(15)16/h2-6H,1H3,(H2,13,14,16). The van der Waals surface area contributed by atoms with Gasteiger partial charge in [-0.25, -0.2) is 17.4 Å². The zero-order chi connectivity index (χ0) is 13.3. The first-order chi connectivity index (χ1) is 8.49. The van der Waals surface area contributed by atoms with E-state index >= 15 is 0 Å². The van der Waals surface area contributed by atoms with Crippen LogP contribution in [-0.4, -0.2) is 13.2 Å². The molecule has 0 aliphatic carbocycles. The largest absolute Gasteiger partial charge is 0.381 e. The van der Waals surface area contributed by atoms with Crippen molar-refractivity contribution in [2.24, 2.45) is 0 Å². The molecule has 1 heterocycles. The molecule has 1 unspecified atom stereocenters. The van der Waals surface area contributed by atoms with Crippen LogP contribution in [0.4, 0.5) is 10.2 Å². The van der Waals surface area contributed by atoms with Crippen LogP contribution in [0, 0.1) is 12.7 Å². The van der Waals surface area contributed by atoms with Crippen LogP contribution in [-0.2, 0) is 11.0 Å². The average Bonchev–Trinajstić information content (AvgIpc) is 2.34. The van der Waals surface area contributed by atoms with Crippen molar-refractivity contribution >= 4 is 16.8 Å². The minimum atomic E-state index is -1.84. The predicted molar refractivity (Wildman–Crippen MR) is 65.9 cm³/mol. The summed E-state index contributed by atoms with van der Waals surface area (Å²) >= 11 is 0. The van der Waals surface area contributed by atoms with Crippen molar-refractivity contribution in [1.82, 2.24) is 8.96 Å². The highest BCUT2D eigenvalue weighted by Gasteiger charge is 2.12. The number of nitrogens with zero attached hydrogens (tertiary/aromatic N) is 2. The van der Waals surface area contributed by atoms with Crippen LogP contribution >= 0.6 is 0 Å². The van der Waals surface area contributed by atoms with Gasteiger partial charge in [0.15, 0.2) is 22.6 Å². The highest BCUT2D eigenvalue weighted by atomic mass is 32.2. The summed E-state index contributed by atoms with van der Waals surface area (Å²) in [5.41, 5.74) is 5.29. The average molecular weight is 267 g/mol. The molecule has 94 valence electrons. The second-order valence-corrected chi connectivity index (χ2v) is 5.01. The van der Waals surface area contributed by atoms with Gasteiger partial charge in [0.1, 0.15) is 0 Å². The molecule has 0 saturated heterocycles. The Bertz CT molecular complexity index is 667. The lowest BCUT2D eigenvalue weighted by molar-refractivity contribution is 0.609. The van der Waals surface area contributed by atoms with E-state index in [-0.39, 0.29) is 0 Å². The van der Waals surface area contributed by atoms with E-state index in [4.69, 9.17) is 5.73 Å². The molecule has 0 radical (unpaired) electrons. The minimum absolute atomic E-state index is 0.383. The van der Waals surface area contributed by atoms with Gasteiger partial charge in [0.2, 0.25) is 0 Å². The van der Waals surface area contributed by atoms with Crippen LogP contribution in [0.5, 0.6) is 0 Å². The summed E-state index contributed by atoms with van der Waals surface area (Å²) < 4.78 is 26.0. The molecule has 1 atom stereocenters. The maximum atomic E-state index is 13.2. The van der Waals surface area contributed by atoms with Crippen molar-refractivity contribution in [3.63, 3.8) is 0 Å². The molecule has 0 aliphatic rings. The summed E-state index contributed by atoms with van der Waals surface area (Å²) in [5.74, 6) is -1.38. The maximum absolute atomic E-state index is 13.2. The van der Waals surface area contributed by atoms with Gasteiger partial charge >= 0.3 is 5.69 Å². The summed E-state index contributed by atoms with van der Waals surface area (Å²) in [7, 11) is -1.84. The zero-order valence-corrected chi connectivity index (χ0v) is 10.3. The zero-order valence-electron chi connectivity index (χ0n) is 9.46. The Labute approximate surface area is 105 Å². The first kappa shape index (κ1) is 12.4. The number of hydrogen-bond donors (Lipinski definition) is 1. The molecule has 7 heteroatoms. The Kier molecular flexibility index (Phi) is 3.24. The second kappa shape index (κ2) is 4.69. The fourth-order valence-electron chi connectivity index (χ4n) is 1.32. The second-order valence-electron chi connectivity index (χ2n) is 3.64. The van der Waals surface area contributed by atoms with Gasteiger partial charge in [0, 0.05) is 0 Å². The fourth-order valence-corrected chi connectivity index (χ4v) is 2.28. The maximum Gasteiger partial charge on any atom is 0.361 e. The summed E-state index contributed by atoms with van der Waals surface area (Å²) in [6, 6.07) is 6.71. The Morgan fingerprint density at radius 2 is 1.94 bits per heavy atom. The third kappa shape index (κ3) is 2.30. The number of halogens is 1. The molecule has 18 heavy (non-hydrogen) atoms. The van der Waals surface area contributed by atoms with Crippen LogP contribution in [0.1, 0.15) is 5.56 Å². The number of nitrogens with two attached hydrogens (primary N) is 1. The number of hydrogen-bond acceptors (Lipinski definition) is 4. The molecule has 2 aromatic rings. The van der Waals surface area contributed by atoms with Crippen molar-refractivity contribution < 1.29 is 8.60 Å². The fraction of sp³-hybridized carbons (Fsp3) is 0.0909. The van der Waals surface area contributed by atoms with Gasteiger partial charge in [0.05, 0.1) is 11.1 Å². The molecule has 1 aromatic carbocycles. The lowest BCUT2D eigenvalue weighted by atomic mass is 10.2. The summed E-state index contributed by atoms with van der Waals surface area (Å²) in [5, 5.41) is 0. The summed E-state index contributed by atoms with van der Waals surface area (Å²) in [6.45, 7) is 1.88. The number of nitrogen functional groups attached to an aromatic ring is 1. The predicted octanol–water partition coefficient (Wildman–Crippen LogP) is 0.844. The van der Waals surface area contributed by atoms with E-state index < -0.39 is 28.3 Å². The molecule has 0 aliphatic heterocycles. The van der Waals surface area contributed by atoms with E-state index in [1.54, 1.807) is 24.3 Å². The Hall–Kier alpha value is -2.02. The van der Waals surface area contributed by atoms with Crippen LogP contribution < -0.4 is 11.4 Å². The Balaban J connectivity index is 2.49. The van der Waals surface area contributed by atoms with Crippen molar-refractivity contribution in [2.75, 3.05) is 5.73 Å². The van der Waals surface area contributed by atoms with Crippen molar-refractivity contribution in [3.05, 3.63) is 52.3 Å². The summed E-state index contributed by atoms with van der Waals surface area (Å²) in [6.07, 6.45) is 0.792. The number of aryl methyl sites for hydroxylation is 1. The quantitative estimate of drug-likeness (QED) is 0.874. The van der Waals surface area contributed by atoms with Gasteiger partial charge in [-0.05, 0) is 19.1 Å². The number of anilines is 1. The lowest BCUT2D eigenvalue weighted by Crippen LogP contribution is -2.27. The number of benzene rings is 1. The molecule has 0 fully saturated rings. The Morgan fingerprint density at radius 1 is 1.33 bits per heavy atom. The molecule has 2 rings (SSSR count). The molecule has 0 saturated carbocycles. The topological polar surface area (TPSA) is 78.0 Å². The van der Waals surface area contributed by atoms with Gasteiger partial charge in [-0.1, -0.05) is 17.7 Å². The van der Waals surface area contributed by atoms with E-state index in [2.05, 4.69) is 4.98 Å². The van der Waals surface area contributed by atoms with Gasteiger partial charge in [0.25, 0.3) is 0 Å². The van der Waals surface area contributed by atoms with E-state index in [1.165, 1.54) is 0 Å². The van der Waals surface area contributed by atoms with Gasteiger partial charge in [-0.3, -0.25) is 0 Å². The molecule has 5 nitrogen and oxygen atoms in total. The monoisotopic (exact) mass is 267 g/mol. The third-order valence-corrected chi connectivity index (χ3v) is 3.58. The number of rotatable bonds is 2. The normalized spacial score (nSPS) is 12.3. The molecule has 1 aromatic heterocycles. The van der Waals surface area contributed by atoms with Crippen molar-refractivity contribution in [1.29, 1.82) is 0 Å². The third-order valence-electron chi connectivity index (χ3n) is 2.28. The van der Waals surface area contributed by atoms with E-state index in [9.17, 15) is 13.4 Å². The molecule has 2 N–H and O–H groups in total. The van der Waals surface area contributed by atoms with Crippen LogP contribution in [0.15, 0.2) is 40.2 Å². The Morgan fingerprint density at radius 3 is 2.56 bits per heavy atom. The lowest BCUT2D eigenvalue weighted by Gasteiger charge is -2.05. The first-order valence-electron chi connectivity index (χ1n) is 5.02. The molecule has 0 spiro atoms. The highest BCUT2D eigenvalue weighted by molar-refractivity contribution is 7.83. The van der Waals surface area contributed by atoms with E-state index in [0.717, 1.165) is 11.8 Å². The van der Waals surface area contributed by atoms with Gasteiger partial charge < -0.3 is 5.73 Å². The van der Waals surface area contributed by atoms with Crippen molar-refractivity contribution in [3.8, 4) is 0 Å². The molecular weight excluding hydrogens is 257 g/mol. The van der Waals surface area contributed by atoms with Crippen LogP contribution in [0.25, 0.3) is 0 Å². The molecule has 0 bridgehead atoms. The van der Waals surface area contributed by atoms with Crippen molar-refractivity contribution in [2.45, 2.75) is 11.8 Å². The van der Waals surface area contributed by atoms with Crippen LogP contribution in [0.3, 0.4) is 0 Å².